The highest BCUT2D eigenvalue weighted by Crippen LogP contribution is 2.27. The van der Waals surface area contributed by atoms with Gasteiger partial charge in [-0.05, 0) is 55.0 Å². The van der Waals surface area contributed by atoms with E-state index in [4.69, 9.17) is 23.2 Å². The molecule has 0 unspecified atom stereocenters. The van der Waals surface area contributed by atoms with Crippen molar-refractivity contribution in [2.75, 3.05) is 16.0 Å². The van der Waals surface area contributed by atoms with Crippen LogP contribution in [0.15, 0.2) is 72.9 Å². The van der Waals surface area contributed by atoms with Crippen molar-refractivity contribution in [3.05, 3.63) is 94.1 Å². The summed E-state index contributed by atoms with van der Waals surface area (Å²) in [4.78, 5) is 33.0. The Morgan fingerprint density at radius 2 is 1.49 bits per heavy atom. The first-order valence-corrected chi connectivity index (χ1v) is 11.4. The minimum atomic E-state index is -0.408. The van der Waals surface area contributed by atoms with Gasteiger partial charge in [0.05, 0.1) is 21.3 Å². The van der Waals surface area contributed by atoms with Crippen molar-refractivity contribution in [1.82, 2.24) is 9.97 Å². The number of rotatable bonds is 6. The number of halogens is 2. The van der Waals surface area contributed by atoms with Gasteiger partial charge in [-0.1, -0.05) is 47.5 Å². The molecule has 0 fully saturated rings. The van der Waals surface area contributed by atoms with Crippen LogP contribution >= 0.6 is 23.2 Å². The second kappa shape index (κ2) is 10.5. The number of aryl methyl sites for hydroxylation is 1. The number of aromatic nitrogens is 2. The van der Waals surface area contributed by atoms with Gasteiger partial charge in [0.15, 0.2) is 0 Å². The molecule has 0 aliphatic carbocycles. The molecule has 3 N–H and O–H groups in total. The lowest BCUT2D eigenvalue weighted by Gasteiger charge is -2.12. The van der Waals surface area contributed by atoms with Gasteiger partial charge in [0, 0.05) is 35.7 Å². The second-order valence-electron chi connectivity index (χ2n) is 7.74. The van der Waals surface area contributed by atoms with Gasteiger partial charge in [-0.2, -0.15) is 0 Å². The third-order valence-corrected chi connectivity index (χ3v) is 5.65. The van der Waals surface area contributed by atoms with Gasteiger partial charge in [0.2, 0.25) is 11.9 Å². The first-order chi connectivity index (χ1) is 16.8. The molecule has 0 bridgehead atoms. The molecular weight excluding hydrogens is 485 g/mol. The summed E-state index contributed by atoms with van der Waals surface area (Å²) in [6, 6.07) is 19.5. The van der Waals surface area contributed by atoms with E-state index in [1.54, 1.807) is 42.6 Å². The Hall–Kier alpha value is -3.94. The largest absolute Gasteiger partial charge is 0.326 e. The molecule has 176 valence electrons. The molecular formula is C26H21Cl2N5O2. The predicted octanol–water partition coefficient (Wildman–Crippen LogP) is 6.71. The summed E-state index contributed by atoms with van der Waals surface area (Å²) >= 11 is 12.3. The Morgan fingerprint density at radius 3 is 2.17 bits per heavy atom. The highest BCUT2D eigenvalue weighted by molar-refractivity contribution is 6.40. The summed E-state index contributed by atoms with van der Waals surface area (Å²) in [6.07, 6.45) is 1.73. The summed E-state index contributed by atoms with van der Waals surface area (Å²) in [5.74, 6) is -0.140. The fourth-order valence-electron chi connectivity index (χ4n) is 3.42. The van der Waals surface area contributed by atoms with Gasteiger partial charge in [-0.3, -0.25) is 9.59 Å². The van der Waals surface area contributed by atoms with E-state index in [2.05, 4.69) is 25.9 Å². The Balaban J connectivity index is 1.53. The van der Waals surface area contributed by atoms with E-state index in [1.807, 2.05) is 37.3 Å². The fourth-order valence-corrected chi connectivity index (χ4v) is 3.99. The van der Waals surface area contributed by atoms with Crippen molar-refractivity contribution in [2.24, 2.45) is 0 Å². The van der Waals surface area contributed by atoms with Gasteiger partial charge in [-0.25, -0.2) is 9.97 Å². The van der Waals surface area contributed by atoms with Crippen LogP contribution in [0, 0.1) is 6.92 Å². The minimum Gasteiger partial charge on any atom is -0.326 e. The van der Waals surface area contributed by atoms with E-state index >= 15 is 0 Å². The fraction of sp³-hybridized carbons (Fsp3) is 0.0769. The number of hydrogen-bond donors (Lipinski definition) is 3. The Bertz CT molecular complexity index is 1390. The van der Waals surface area contributed by atoms with Crippen molar-refractivity contribution in [2.45, 2.75) is 13.8 Å². The molecule has 0 saturated heterocycles. The lowest BCUT2D eigenvalue weighted by Crippen LogP contribution is -2.13. The van der Waals surface area contributed by atoms with Crippen LogP contribution in [0.5, 0.6) is 0 Å². The zero-order valence-corrected chi connectivity index (χ0v) is 20.4. The van der Waals surface area contributed by atoms with Crippen LogP contribution < -0.4 is 16.0 Å². The van der Waals surface area contributed by atoms with Crippen molar-refractivity contribution in [1.29, 1.82) is 0 Å². The van der Waals surface area contributed by atoms with Crippen molar-refractivity contribution in [3.63, 3.8) is 0 Å². The van der Waals surface area contributed by atoms with E-state index < -0.39 is 5.91 Å². The smallest absolute Gasteiger partial charge is 0.258 e. The molecule has 35 heavy (non-hydrogen) atoms. The van der Waals surface area contributed by atoms with Crippen LogP contribution in [-0.2, 0) is 4.79 Å². The van der Waals surface area contributed by atoms with Crippen LogP contribution in [-0.4, -0.2) is 21.8 Å². The second-order valence-corrected chi connectivity index (χ2v) is 8.55. The number of hydrogen-bond acceptors (Lipinski definition) is 5. The normalized spacial score (nSPS) is 10.5. The first-order valence-electron chi connectivity index (χ1n) is 10.6. The quantitative estimate of drug-likeness (QED) is 0.270. The Morgan fingerprint density at radius 1 is 0.829 bits per heavy atom. The maximum Gasteiger partial charge on any atom is 0.258 e. The van der Waals surface area contributed by atoms with Gasteiger partial charge < -0.3 is 16.0 Å². The monoisotopic (exact) mass is 505 g/mol. The van der Waals surface area contributed by atoms with Crippen LogP contribution in [0.3, 0.4) is 0 Å². The summed E-state index contributed by atoms with van der Waals surface area (Å²) < 4.78 is 0. The summed E-state index contributed by atoms with van der Waals surface area (Å²) in [5, 5.41) is 9.28. The average Bonchev–Trinajstić information content (AvgIpc) is 2.81. The van der Waals surface area contributed by atoms with Gasteiger partial charge >= 0.3 is 0 Å². The summed E-state index contributed by atoms with van der Waals surface area (Å²) in [7, 11) is 0. The number of nitrogens with one attached hydrogen (secondary N) is 3. The molecule has 0 aliphatic heterocycles. The molecule has 7 nitrogen and oxygen atoms in total. The van der Waals surface area contributed by atoms with Crippen molar-refractivity contribution < 1.29 is 9.59 Å². The Labute approximate surface area is 212 Å². The number of carbonyl (C=O) groups excluding carboxylic acids is 2. The van der Waals surface area contributed by atoms with Gasteiger partial charge in [0.1, 0.15) is 0 Å². The molecule has 1 aromatic heterocycles. The first kappa shape index (κ1) is 24.2. The maximum atomic E-state index is 12.7. The lowest BCUT2D eigenvalue weighted by molar-refractivity contribution is -0.114. The van der Waals surface area contributed by atoms with Crippen molar-refractivity contribution in [3.8, 4) is 11.3 Å². The van der Waals surface area contributed by atoms with E-state index in [0.29, 0.717) is 23.0 Å². The van der Waals surface area contributed by atoms with E-state index in [1.165, 1.54) is 6.92 Å². The van der Waals surface area contributed by atoms with Crippen LogP contribution in [0.2, 0.25) is 10.0 Å². The molecule has 1 heterocycles. The lowest BCUT2D eigenvalue weighted by atomic mass is 10.1. The molecule has 4 aromatic rings. The van der Waals surface area contributed by atoms with E-state index in [9.17, 15) is 9.59 Å². The SMILES string of the molecule is CC(=O)Nc1ccc(-c2nc(Nc3cccc(NC(=O)c4c(Cl)cccc4Cl)c3)ncc2C)cc1. The molecule has 0 atom stereocenters. The summed E-state index contributed by atoms with van der Waals surface area (Å²) in [5.41, 5.74) is 4.71. The molecule has 2 amide bonds. The molecule has 0 saturated carbocycles. The highest BCUT2D eigenvalue weighted by Gasteiger charge is 2.15. The van der Waals surface area contributed by atoms with Crippen molar-refractivity contribution >= 4 is 58.0 Å². The van der Waals surface area contributed by atoms with E-state index in [0.717, 1.165) is 16.8 Å². The molecule has 0 spiro atoms. The topological polar surface area (TPSA) is 96.0 Å². The molecule has 9 heteroatoms. The zero-order chi connectivity index (χ0) is 24.9. The van der Waals surface area contributed by atoms with Gasteiger partial charge in [0.25, 0.3) is 5.91 Å². The highest BCUT2D eigenvalue weighted by atomic mass is 35.5. The number of anilines is 4. The number of amides is 2. The van der Waals surface area contributed by atoms with Gasteiger partial charge in [-0.15, -0.1) is 0 Å². The standard InChI is InChI=1S/C26H21Cl2N5O2/c1-15-14-29-26(33-24(15)17-9-11-18(12-10-17)30-16(2)34)32-20-6-3-5-19(13-20)31-25(35)23-21(27)7-4-8-22(23)28/h3-14H,1-2H3,(H,30,34)(H,31,35)(H,29,32,33). The predicted molar refractivity (Wildman–Crippen MR) is 141 cm³/mol. The minimum absolute atomic E-state index is 0.129. The Kier molecular flexibility index (Phi) is 7.29. The average molecular weight is 506 g/mol. The molecule has 0 aliphatic rings. The van der Waals surface area contributed by atoms with Crippen LogP contribution in [0.4, 0.5) is 23.0 Å². The van der Waals surface area contributed by atoms with Crippen LogP contribution in [0.1, 0.15) is 22.8 Å². The van der Waals surface area contributed by atoms with E-state index in [-0.39, 0.29) is 21.5 Å². The maximum absolute atomic E-state index is 12.7. The summed E-state index contributed by atoms with van der Waals surface area (Å²) in [6.45, 7) is 3.39. The molecule has 4 rings (SSSR count). The number of carbonyl (C=O) groups is 2. The molecule has 3 aromatic carbocycles. The third-order valence-electron chi connectivity index (χ3n) is 5.02. The van der Waals surface area contributed by atoms with Crippen LogP contribution in [0.25, 0.3) is 11.3 Å². The zero-order valence-electron chi connectivity index (χ0n) is 18.9. The number of benzene rings is 3. The third kappa shape index (κ3) is 5.95. The molecule has 0 radical (unpaired) electrons. The number of nitrogens with zero attached hydrogens (tertiary/aromatic N) is 2.